The van der Waals surface area contributed by atoms with Crippen LogP contribution in [0.5, 0.6) is 0 Å². The highest BCUT2D eigenvalue weighted by Gasteiger charge is 2.28. The molecule has 1 unspecified atom stereocenters. The molecule has 8 rings (SSSR count). The highest BCUT2D eigenvalue weighted by atomic mass is 14.9. The molecule has 0 aliphatic heterocycles. The summed E-state index contributed by atoms with van der Waals surface area (Å²) in [7, 11) is 0. The summed E-state index contributed by atoms with van der Waals surface area (Å²) in [6.45, 7) is 2.15. The van der Waals surface area contributed by atoms with Crippen LogP contribution in [0.25, 0.3) is 55.2 Å². The molecule has 2 aromatic heterocycles. The second-order valence-corrected chi connectivity index (χ2v) is 9.90. The zero-order chi connectivity index (χ0) is 22.4. The zero-order valence-corrected chi connectivity index (χ0v) is 19.0. The van der Waals surface area contributed by atoms with Gasteiger partial charge in [0, 0.05) is 33.3 Å². The maximum Gasteiger partial charge on any atom is 0.0617 e. The van der Waals surface area contributed by atoms with Crippen LogP contribution in [0, 0.1) is 12.8 Å². The molecule has 0 saturated carbocycles. The smallest absolute Gasteiger partial charge is 0.0617 e. The van der Waals surface area contributed by atoms with Crippen molar-refractivity contribution in [2.24, 2.45) is 5.92 Å². The lowest BCUT2D eigenvalue weighted by Gasteiger charge is -2.22. The Kier molecular flexibility index (Phi) is 3.50. The van der Waals surface area contributed by atoms with Gasteiger partial charge in [-0.25, -0.2) is 0 Å². The van der Waals surface area contributed by atoms with Crippen LogP contribution in [0.3, 0.4) is 0 Å². The summed E-state index contributed by atoms with van der Waals surface area (Å²) in [6.07, 6.45) is 12.5. The lowest BCUT2D eigenvalue weighted by atomic mass is 9.83. The number of hydrogen-bond acceptors (Lipinski definition) is 0. The van der Waals surface area contributed by atoms with Gasteiger partial charge >= 0.3 is 0 Å². The second-order valence-electron chi connectivity index (χ2n) is 9.90. The molecule has 160 valence electrons. The van der Waals surface area contributed by atoms with Crippen LogP contribution in [0.2, 0.25) is 0 Å². The first kappa shape index (κ1) is 18.3. The summed E-state index contributed by atoms with van der Waals surface area (Å²) in [5.74, 6) is 0.461. The quantitative estimate of drug-likeness (QED) is 0.245. The van der Waals surface area contributed by atoms with Gasteiger partial charge in [-0.05, 0) is 71.2 Å². The van der Waals surface area contributed by atoms with E-state index < -0.39 is 0 Å². The first-order valence-electron chi connectivity index (χ1n) is 12.1. The van der Waals surface area contributed by atoms with Gasteiger partial charge in [0.2, 0.25) is 0 Å². The standard InChI is InChI=1S/C33H23N/c1-20-10-12-21(13-11-20)26-16-29-27-14-22-6-2-4-8-24(22)18-31(27)34-32-19-25-9-5-3-7-23(25)15-28(32)30(17-26)33(29)34/h2-18,25H,19H2,1H3. The van der Waals surface area contributed by atoms with E-state index in [0.29, 0.717) is 5.92 Å². The van der Waals surface area contributed by atoms with Crippen molar-refractivity contribution in [3.63, 3.8) is 0 Å². The first-order chi connectivity index (χ1) is 16.7. The summed E-state index contributed by atoms with van der Waals surface area (Å²) in [5, 5.41) is 6.69. The largest absolute Gasteiger partial charge is 0.312 e. The minimum absolute atomic E-state index is 0.461. The van der Waals surface area contributed by atoms with E-state index in [-0.39, 0.29) is 0 Å². The van der Waals surface area contributed by atoms with Gasteiger partial charge in [-0.3, -0.25) is 0 Å². The van der Waals surface area contributed by atoms with Crippen LogP contribution in [0.15, 0.2) is 103 Å². The highest BCUT2D eigenvalue weighted by molar-refractivity contribution is 6.20. The molecule has 0 radical (unpaired) electrons. The van der Waals surface area contributed by atoms with E-state index in [9.17, 15) is 0 Å². The lowest BCUT2D eigenvalue weighted by Crippen LogP contribution is -2.12. The topological polar surface area (TPSA) is 4.41 Å². The van der Waals surface area contributed by atoms with E-state index in [1.54, 1.807) is 0 Å². The normalized spacial score (nSPS) is 17.1. The first-order valence-corrected chi connectivity index (χ1v) is 12.1. The number of rotatable bonds is 1. The summed E-state index contributed by atoms with van der Waals surface area (Å²) < 4.78 is 2.57. The fraction of sp³-hybridized carbons (Fsp3) is 0.0909. The van der Waals surface area contributed by atoms with E-state index >= 15 is 0 Å². The molecule has 0 fully saturated rings. The Labute approximate surface area is 198 Å². The third-order valence-electron chi connectivity index (χ3n) is 7.88. The number of aryl methyl sites for hydroxylation is 1. The van der Waals surface area contributed by atoms with Gasteiger partial charge in [0.1, 0.15) is 0 Å². The minimum Gasteiger partial charge on any atom is -0.312 e. The van der Waals surface area contributed by atoms with E-state index in [1.165, 1.54) is 71.5 Å². The van der Waals surface area contributed by atoms with Gasteiger partial charge in [-0.2, -0.15) is 0 Å². The number of fused-ring (bicyclic) bond motifs is 8. The predicted molar refractivity (Wildman–Crippen MR) is 145 cm³/mol. The molecule has 2 heterocycles. The van der Waals surface area contributed by atoms with Crippen molar-refractivity contribution in [2.45, 2.75) is 13.3 Å². The van der Waals surface area contributed by atoms with E-state index in [0.717, 1.165) is 6.42 Å². The highest BCUT2D eigenvalue weighted by Crippen LogP contribution is 2.45. The molecule has 0 bridgehead atoms. The molecule has 6 aromatic rings. The van der Waals surface area contributed by atoms with Gasteiger partial charge in [0.05, 0.1) is 11.0 Å². The number of benzene rings is 4. The Morgan fingerprint density at radius 1 is 0.765 bits per heavy atom. The van der Waals surface area contributed by atoms with Crippen molar-refractivity contribution in [1.82, 2.24) is 4.40 Å². The van der Waals surface area contributed by atoms with E-state index in [2.05, 4.69) is 115 Å². The average Bonchev–Trinajstić information content (AvgIpc) is 3.36. The molecule has 2 aliphatic carbocycles. The van der Waals surface area contributed by atoms with Crippen LogP contribution in [0.4, 0.5) is 0 Å². The van der Waals surface area contributed by atoms with Crippen molar-refractivity contribution in [1.29, 1.82) is 0 Å². The number of hydrogen-bond donors (Lipinski definition) is 0. The molecule has 1 atom stereocenters. The maximum absolute atomic E-state index is 2.57. The monoisotopic (exact) mass is 433 g/mol. The molecule has 1 nitrogen and oxygen atoms in total. The number of nitrogens with zero attached hydrogens (tertiary/aromatic N) is 1. The molecular formula is C33H23N. The molecule has 0 amide bonds. The van der Waals surface area contributed by atoms with Crippen LogP contribution in [-0.4, -0.2) is 4.40 Å². The summed E-state index contributed by atoms with van der Waals surface area (Å²) in [4.78, 5) is 0. The average molecular weight is 434 g/mol. The Balaban J connectivity index is 1.55. The Morgan fingerprint density at radius 2 is 1.56 bits per heavy atom. The fourth-order valence-electron chi connectivity index (χ4n) is 6.18. The van der Waals surface area contributed by atoms with Gasteiger partial charge in [-0.1, -0.05) is 78.4 Å². The molecular weight excluding hydrogens is 410 g/mol. The minimum atomic E-state index is 0.461. The van der Waals surface area contributed by atoms with Crippen LogP contribution in [0.1, 0.15) is 16.8 Å². The van der Waals surface area contributed by atoms with E-state index in [1.807, 2.05) is 0 Å². The van der Waals surface area contributed by atoms with Crippen molar-refractivity contribution in [3.8, 4) is 11.1 Å². The molecule has 0 spiro atoms. The zero-order valence-electron chi connectivity index (χ0n) is 19.0. The number of aromatic nitrogens is 1. The number of allylic oxidation sites excluding steroid dienone is 5. The molecule has 2 aliphatic rings. The van der Waals surface area contributed by atoms with Crippen LogP contribution in [-0.2, 0) is 6.42 Å². The van der Waals surface area contributed by atoms with Gasteiger partial charge in [0.25, 0.3) is 0 Å². The third kappa shape index (κ3) is 2.39. The molecule has 0 N–H and O–H groups in total. The molecule has 1 heteroatoms. The molecule has 34 heavy (non-hydrogen) atoms. The summed E-state index contributed by atoms with van der Waals surface area (Å²) >= 11 is 0. The lowest BCUT2D eigenvalue weighted by molar-refractivity contribution is 0.737. The van der Waals surface area contributed by atoms with Crippen molar-refractivity contribution in [2.75, 3.05) is 0 Å². The summed E-state index contributed by atoms with van der Waals surface area (Å²) in [5.41, 5.74) is 10.8. The Morgan fingerprint density at radius 3 is 2.41 bits per heavy atom. The molecule has 4 aromatic carbocycles. The van der Waals surface area contributed by atoms with E-state index in [4.69, 9.17) is 0 Å². The fourth-order valence-corrected chi connectivity index (χ4v) is 6.18. The van der Waals surface area contributed by atoms with Gasteiger partial charge in [-0.15, -0.1) is 0 Å². The Hall–Kier alpha value is -4.10. The van der Waals surface area contributed by atoms with Crippen LogP contribution >= 0.6 is 0 Å². The van der Waals surface area contributed by atoms with Gasteiger partial charge in [0.15, 0.2) is 0 Å². The van der Waals surface area contributed by atoms with Crippen LogP contribution < -0.4 is 0 Å². The van der Waals surface area contributed by atoms with Crippen molar-refractivity contribution >= 4 is 44.0 Å². The third-order valence-corrected chi connectivity index (χ3v) is 7.88. The maximum atomic E-state index is 2.57. The predicted octanol–water partition coefficient (Wildman–Crippen LogP) is 8.49. The summed E-state index contributed by atoms with van der Waals surface area (Å²) in [6, 6.07) is 27.3. The Bertz CT molecular complexity index is 1870. The van der Waals surface area contributed by atoms with Crippen molar-refractivity contribution in [3.05, 3.63) is 119 Å². The van der Waals surface area contributed by atoms with Crippen molar-refractivity contribution < 1.29 is 0 Å². The molecule has 0 saturated heterocycles. The SMILES string of the molecule is Cc1ccc(-c2cc3c4c(n5c6cc7ccccc7cc6c(c2)c35)CC2C=CC=CC2=C4)cc1. The van der Waals surface area contributed by atoms with Gasteiger partial charge < -0.3 is 4.40 Å². The second kappa shape index (κ2) is 6.48.